The number of aliphatic carboxylic acids is 1. The molecule has 0 saturated heterocycles. The van der Waals surface area contributed by atoms with E-state index in [0.717, 1.165) is 25.2 Å². The van der Waals surface area contributed by atoms with Gasteiger partial charge >= 0.3 is 22.1 Å². The summed E-state index contributed by atoms with van der Waals surface area (Å²) in [4.78, 5) is 21.2. The highest BCUT2D eigenvalue weighted by atomic mass is 32.2. The number of anilines is 1. The van der Waals surface area contributed by atoms with E-state index in [-0.39, 0.29) is 5.69 Å². The molecule has 20 heavy (non-hydrogen) atoms. The second-order valence-electron chi connectivity index (χ2n) is 3.79. The highest BCUT2D eigenvalue weighted by Gasteiger charge is 2.21. The van der Waals surface area contributed by atoms with E-state index in [1.165, 1.54) is 0 Å². The lowest BCUT2D eigenvalue weighted by atomic mass is 10.2. The molecule has 1 aromatic rings. The molecule has 0 bridgehead atoms. The van der Waals surface area contributed by atoms with Gasteiger partial charge in [0.1, 0.15) is 17.9 Å². The molecule has 0 aliphatic carbocycles. The average Bonchev–Trinajstić information content (AvgIpc) is 2.30. The van der Waals surface area contributed by atoms with E-state index < -0.39 is 40.0 Å². The molecule has 0 radical (unpaired) electrons. The van der Waals surface area contributed by atoms with E-state index in [4.69, 9.17) is 10.2 Å². The molecule has 0 spiro atoms. The van der Waals surface area contributed by atoms with Gasteiger partial charge in [-0.15, -0.1) is 0 Å². The fourth-order valence-electron chi connectivity index (χ4n) is 1.27. The van der Waals surface area contributed by atoms with Gasteiger partial charge in [-0.25, -0.2) is 4.79 Å². The van der Waals surface area contributed by atoms with Gasteiger partial charge in [-0.3, -0.25) is 9.52 Å². The minimum absolute atomic E-state index is 0.113. The number of hydrogen-bond donors (Lipinski definition) is 4. The lowest BCUT2D eigenvalue weighted by Crippen LogP contribution is -2.36. The van der Waals surface area contributed by atoms with Crippen LogP contribution in [0.15, 0.2) is 18.2 Å². The van der Waals surface area contributed by atoms with Crippen molar-refractivity contribution >= 4 is 27.8 Å². The topological polar surface area (TPSA) is 144 Å². The van der Waals surface area contributed by atoms with Crippen molar-refractivity contribution in [2.45, 2.75) is 0 Å². The molecule has 0 aliphatic rings. The Balaban J connectivity index is 3.01. The van der Waals surface area contributed by atoms with Crippen molar-refractivity contribution in [3.63, 3.8) is 0 Å². The normalized spacial score (nSPS) is 11.3. The molecule has 10 heteroatoms. The Labute approximate surface area is 114 Å². The maximum atomic E-state index is 11.7. The summed E-state index contributed by atoms with van der Waals surface area (Å²) in [7, 11) is -3.09. The maximum absolute atomic E-state index is 11.7. The van der Waals surface area contributed by atoms with Crippen LogP contribution in [0.1, 0.15) is 10.4 Å². The van der Waals surface area contributed by atoms with Crippen LogP contribution in [-0.2, 0) is 15.0 Å². The smallest absolute Gasteiger partial charge is 0.339 e. The summed E-state index contributed by atoms with van der Waals surface area (Å²) < 4.78 is 26.0. The lowest BCUT2D eigenvalue weighted by molar-refractivity contribution is -0.137. The van der Waals surface area contributed by atoms with Gasteiger partial charge in [0.15, 0.2) is 0 Å². The predicted octanol–water partition coefficient (Wildman–Crippen LogP) is -0.236. The standard InChI is InChI=1S/C10H12N2O7S/c1-12(5-9(14)15)20(18,19)11-6-2-3-8(13)7(4-6)10(16)17/h2-4,11,13H,5H2,1H3,(H,14,15)(H,16,17). The van der Waals surface area contributed by atoms with E-state index in [9.17, 15) is 23.1 Å². The predicted molar refractivity (Wildman–Crippen MR) is 67.9 cm³/mol. The molecule has 110 valence electrons. The summed E-state index contributed by atoms with van der Waals surface area (Å²) in [5.74, 6) is -3.28. The number of aromatic hydroxyl groups is 1. The van der Waals surface area contributed by atoms with Gasteiger partial charge in [-0.05, 0) is 18.2 Å². The van der Waals surface area contributed by atoms with Crippen LogP contribution in [-0.4, -0.2) is 53.6 Å². The van der Waals surface area contributed by atoms with Gasteiger partial charge in [0.25, 0.3) is 0 Å². The first-order valence-electron chi connectivity index (χ1n) is 5.15. The number of carboxylic acid groups (broad SMARTS) is 2. The zero-order valence-corrected chi connectivity index (χ0v) is 11.1. The fraction of sp³-hybridized carbons (Fsp3) is 0.200. The van der Waals surface area contributed by atoms with Crippen LogP contribution in [0.5, 0.6) is 5.75 Å². The van der Waals surface area contributed by atoms with E-state index in [0.29, 0.717) is 4.31 Å². The van der Waals surface area contributed by atoms with Crippen LogP contribution < -0.4 is 4.72 Å². The van der Waals surface area contributed by atoms with Gasteiger partial charge < -0.3 is 15.3 Å². The third-order valence-corrected chi connectivity index (χ3v) is 3.69. The third-order valence-electron chi connectivity index (χ3n) is 2.24. The lowest BCUT2D eigenvalue weighted by Gasteiger charge is -2.16. The Bertz CT molecular complexity index is 641. The van der Waals surface area contributed by atoms with Gasteiger partial charge in [0.05, 0.1) is 5.69 Å². The summed E-state index contributed by atoms with van der Waals surface area (Å²) in [6.45, 7) is -0.751. The molecular formula is C10H12N2O7S. The Morgan fingerprint density at radius 2 is 1.90 bits per heavy atom. The minimum atomic E-state index is -4.14. The number of carbonyl (C=O) groups is 2. The van der Waals surface area contributed by atoms with Crippen molar-refractivity contribution in [1.29, 1.82) is 0 Å². The number of phenols is 1. The van der Waals surface area contributed by atoms with Crippen molar-refractivity contribution in [3.05, 3.63) is 23.8 Å². The quantitative estimate of drug-likeness (QED) is 0.531. The largest absolute Gasteiger partial charge is 0.507 e. The molecule has 9 nitrogen and oxygen atoms in total. The first-order valence-corrected chi connectivity index (χ1v) is 6.59. The number of nitrogens with one attached hydrogen (secondary N) is 1. The van der Waals surface area contributed by atoms with Gasteiger partial charge in [-0.2, -0.15) is 12.7 Å². The zero-order valence-electron chi connectivity index (χ0n) is 10.3. The fourth-order valence-corrected chi connectivity index (χ4v) is 2.13. The van der Waals surface area contributed by atoms with Crippen LogP contribution in [0.4, 0.5) is 5.69 Å². The first-order chi connectivity index (χ1) is 9.13. The van der Waals surface area contributed by atoms with Crippen molar-refractivity contribution < 1.29 is 33.3 Å². The van der Waals surface area contributed by atoms with Crippen molar-refractivity contribution in [1.82, 2.24) is 4.31 Å². The number of aromatic carboxylic acids is 1. The minimum Gasteiger partial charge on any atom is -0.507 e. The van der Waals surface area contributed by atoms with Crippen LogP contribution >= 0.6 is 0 Å². The number of likely N-dealkylation sites (N-methyl/N-ethyl adjacent to an activating group) is 1. The Hall–Kier alpha value is -2.33. The highest BCUT2D eigenvalue weighted by molar-refractivity contribution is 7.90. The summed E-state index contributed by atoms with van der Waals surface area (Å²) in [6, 6.07) is 3.08. The molecule has 0 amide bonds. The van der Waals surface area contributed by atoms with Gasteiger partial charge in [-0.1, -0.05) is 0 Å². The van der Waals surface area contributed by atoms with E-state index in [1.807, 2.05) is 4.72 Å². The van der Waals surface area contributed by atoms with Crippen LogP contribution in [0.25, 0.3) is 0 Å². The summed E-state index contributed by atoms with van der Waals surface area (Å²) in [5.41, 5.74) is -0.594. The number of nitrogens with zero attached hydrogens (tertiary/aromatic N) is 1. The molecule has 0 unspecified atom stereocenters. The third kappa shape index (κ3) is 3.83. The number of rotatable bonds is 6. The summed E-state index contributed by atoms with van der Waals surface area (Å²) >= 11 is 0. The Morgan fingerprint density at radius 3 is 2.40 bits per heavy atom. The Kier molecular flexibility index (Phi) is 4.53. The molecule has 0 saturated carbocycles. The second-order valence-corrected chi connectivity index (χ2v) is 5.57. The molecule has 0 atom stereocenters. The zero-order chi connectivity index (χ0) is 15.5. The maximum Gasteiger partial charge on any atom is 0.339 e. The van der Waals surface area contributed by atoms with E-state index in [2.05, 4.69) is 0 Å². The van der Waals surface area contributed by atoms with Gasteiger partial charge in [0.2, 0.25) is 0 Å². The molecule has 1 rings (SSSR count). The molecule has 0 fully saturated rings. The molecular weight excluding hydrogens is 292 g/mol. The van der Waals surface area contributed by atoms with Crippen molar-refractivity contribution in [3.8, 4) is 5.75 Å². The molecule has 0 heterocycles. The molecule has 4 N–H and O–H groups in total. The average molecular weight is 304 g/mol. The highest BCUT2D eigenvalue weighted by Crippen LogP contribution is 2.22. The van der Waals surface area contributed by atoms with Gasteiger partial charge in [0, 0.05) is 7.05 Å². The first kappa shape index (κ1) is 15.7. The molecule has 1 aromatic carbocycles. The number of carboxylic acids is 2. The second kappa shape index (κ2) is 5.75. The molecule has 0 aromatic heterocycles. The summed E-state index contributed by atoms with van der Waals surface area (Å²) in [6.07, 6.45) is 0. The van der Waals surface area contributed by atoms with Crippen LogP contribution in [0, 0.1) is 0 Å². The van der Waals surface area contributed by atoms with E-state index >= 15 is 0 Å². The Morgan fingerprint density at radius 1 is 1.30 bits per heavy atom. The van der Waals surface area contributed by atoms with Crippen molar-refractivity contribution in [2.75, 3.05) is 18.3 Å². The van der Waals surface area contributed by atoms with Crippen LogP contribution in [0.2, 0.25) is 0 Å². The number of benzene rings is 1. The monoisotopic (exact) mass is 304 g/mol. The molecule has 0 aliphatic heterocycles. The summed E-state index contributed by atoms with van der Waals surface area (Å²) in [5, 5.41) is 26.6. The SMILES string of the molecule is CN(CC(=O)O)S(=O)(=O)Nc1ccc(O)c(C(=O)O)c1. The van der Waals surface area contributed by atoms with Crippen LogP contribution in [0.3, 0.4) is 0 Å². The number of hydrogen-bond acceptors (Lipinski definition) is 5. The van der Waals surface area contributed by atoms with Crippen molar-refractivity contribution in [2.24, 2.45) is 0 Å². The van der Waals surface area contributed by atoms with E-state index in [1.54, 1.807) is 0 Å².